The Bertz CT molecular complexity index is 1020. The molecule has 0 atom stereocenters. The highest BCUT2D eigenvalue weighted by molar-refractivity contribution is 6.08. The molecule has 2 N–H and O–H groups in total. The van der Waals surface area contributed by atoms with E-state index in [1.54, 1.807) is 24.5 Å². The molecule has 1 aliphatic heterocycles. The van der Waals surface area contributed by atoms with E-state index < -0.39 is 0 Å². The van der Waals surface area contributed by atoms with Crippen molar-refractivity contribution in [3.05, 3.63) is 84.7 Å². The highest BCUT2D eigenvalue weighted by Crippen LogP contribution is 2.23. The van der Waals surface area contributed by atoms with Crippen molar-refractivity contribution in [2.75, 3.05) is 48.3 Å². The number of rotatable bonds is 6. The molecule has 4 rings (SSSR count). The lowest BCUT2D eigenvalue weighted by Crippen LogP contribution is -2.50. The van der Waals surface area contributed by atoms with Gasteiger partial charge in [0.05, 0.1) is 12.1 Å². The van der Waals surface area contributed by atoms with Gasteiger partial charge in [-0.15, -0.1) is 0 Å². The average Bonchev–Trinajstić information content (AvgIpc) is 2.84. The minimum absolute atomic E-state index is 0.0761. The molecule has 1 saturated heterocycles. The van der Waals surface area contributed by atoms with Crippen molar-refractivity contribution in [1.29, 1.82) is 0 Å². The SMILES string of the molecule is O=C(Nc1ccncc1)c1ccccc1N1CCN(C(=O)CNc2ccccc2)CC1. The fourth-order valence-corrected chi connectivity index (χ4v) is 3.62. The van der Waals surface area contributed by atoms with Gasteiger partial charge in [-0.05, 0) is 36.4 Å². The normalized spacial score (nSPS) is 13.5. The second-order valence-corrected chi connectivity index (χ2v) is 7.29. The minimum Gasteiger partial charge on any atom is -0.376 e. The van der Waals surface area contributed by atoms with Crippen molar-refractivity contribution in [2.24, 2.45) is 0 Å². The molecule has 1 aliphatic rings. The molecule has 0 spiro atoms. The molecule has 0 aliphatic carbocycles. The van der Waals surface area contributed by atoms with Crippen LogP contribution in [0.5, 0.6) is 0 Å². The summed E-state index contributed by atoms with van der Waals surface area (Å²) in [7, 11) is 0. The predicted molar refractivity (Wildman–Crippen MR) is 122 cm³/mol. The first-order valence-corrected chi connectivity index (χ1v) is 10.3. The number of para-hydroxylation sites is 2. The van der Waals surface area contributed by atoms with E-state index in [1.807, 2.05) is 59.5 Å². The van der Waals surface area contributed by atoms with Crippen LogP contribution in [0.15, 0.2) is 79.1 Å². The fraction of sp³-hybridized carbons (Fsp3) is 0.208. The largest absolute Gasteiger partial charge is 0.376 e. The molecule has 1 aromatic heterocycles. The molecule has 2 amide bonds. The number of benzene rings is 2. The van der Waals surface area contributed by atoms with Crippen LogP contribution in [0.4, 0.5) is 17.1 Å². The van der Waals surface area contributed by atoms with Gasteiger partial charge in [-0.2, -0.15) is 0 Å². The van der Waals surface area contributed by atoms with Crippen LogP contribution < -0.4 is 15.5 Å². The number of nitrogens with zero attached hydrogens (tertiary/aromatic N) is 3. The zero-order valence-corrected chi connectivity index (χ0v) is 17.2. The van der Waals surface area contributed by atoms with E-state index in [9.17, 15) is 9.59 Å². The minimum atomic E-state index is -0.160. The van der Waals surface area contributed by atoms with Gasteiger partial charge in [-0.3, -0.25) is 14.6 Å². The lowest BCUT2D eigenvalue weighted by molar-refractivity contribution is -0.129. The smallest absolute Gasteiger partial charge is 0.257 e. The van der Waals surface area contributed by atoms with Crippen LogP contribution in [-0.4, -0.2) is 54.4 Å². The summed E-state index contributed by atoms with van der Waals surface area (Å²) in [6.07, 6.45) is 3.29. The second kappa shape index (κ2) is 9.75. The van der Waals surface area contributed by atoms with Gasteiger partial charge in [0.25, 0.3) is 5.91 Å². The highest BCUT2D eigenvalue weighted by atomic mass is 16.2. The van der Waals surface area contributed by atoms with Crippen LogP contribution >= 0.6 is 0 Å². The monoisotopic (exact) mass is 415 g/mol. The highest BCUT2D eigenvalue weighted by Gasteiger charge is 2.23. The Balaban J connectivity index is 1.35. The van der Waals surface area contributed by atoms with Crippen molar-refractivity contribution >= 4 is 28.9 Å². The maximum Gasteiger partial charge on any atom is 0.257 e. The Morgan fingerprint density at radius 1 is 0.806 bits per heavy atom. The van der Waals surface area contributed by atoms with Gasteiger partial charge in [-0.25, -0.2) is 0 Å². The number of pyridine rings is 1. The van der Waals surface area contributed by atoms with Gasteiger partial charge in [-0.1, -0.05) is 30.3 Å². The number of carbonyl (C=O) groups excluding carboxylic acids is 2. The van der Waals surface area contributed by atoms with E-state index in [-0.39, 0.29) is 18.4 Å². The maximum atomic E-state index is 12.8. The van der Waals surface area contributed by atoms with Gasteiger partial charge in [0.15, 0.2) is 0 Å². The molecule has 7 heteroatoms. The van der Waals surface area contributed by atoms with Gasteiger partial charge in [0.2, 0.25) is 5.91 Å². The topological polar surface area (TPSA) is 77.6 Å². The summed E-state index contributed by atoms with van der Waals surface area (Å²) in [5.74, 6) is -0.0837. The fourth-order valence-electron chi connectivity index (χ4n) is 3.62. The first-order valence-electron chi connectivity index (χ1n) is 10.3. The van der Waals surface area contributed by atoms with Crippen molar-refractivity contribution in [3.63, 3.8) is 0 Å². The van der Waals surface area contributed by atoms with Crippen molar-refractivity contribution in [2.45, 2.75) is 0 Å². The third-order valence-electron chi connectivity index (χ3n) is 5.28. The molecular formula is C24H25N5O2. The van der Waals surface area contributed by atoms with Crippen molar-refractivity contribution < 1.29 is 9.59 Å². The van der Waals surface area contributed by atoms with Gasteiger partial charge >= 0.3 is 0 Å². The van der Waals surface area contributed by atoms with Crippen molar-refractivity contribution in [1.82, 2.24) is 9.88 Å². The molecule has 1 fully saturated rings. The number of aromatic nitrogens is 1. The lowest BCUT2D eigenvalue weighted by atomic mass is 10.1. The molecular weight excluding hydrogens is 390 g/mol. The Morgan fingerprint density at radius 3 is 2.23 bits per heavy atom. The third-order valence-corrected chi connectivity index (χ3v) is 5.28. The summed E-state index contributed by atoms with van der Waals surface area (Å²) in [6.45, 7) is 2.87. The number of carbonyl (C=O) groups is 2. The third kappa shape index (κ3) is 5.19. The summed E-state index contributed by atoms with van der Waals surface area (Å²) in [5, 5.41) is 6.09. The van der Waals surface area contributed by atoms with Gasteiger partial charge in [0.1, 0.15) is 0 Å². The van der Waals surface area contributed by atoms with Crippen LogP contribution in [0.25, 0.3) is 0 Å². The van der Waals surface area contributed by atoms with Crippen molar-refractivity contribution in [3.8, 4) is 0 Å². The number of amides is 2. The van der Waals surface area contributed by atoms with Crippen LogP contribution in [-0.2, 0) is 4.79 Å². The number of hydrogen-bond donors (Lipinski definition) is 2. The molecule has 0 bridgehead atoms. The van der Waals surface area contributed by atoms with Crippen LogP contribution in [0.1, 0.15) is 10.4 Å². The number of piperazine rings is 1. The van der Waals surface area contributed by atoms with Crippen LogP contribution in [0, 0.1) is 0 Å². The molecule has 0 unspecified atom stereocenters. The molecule has 158 valence electrons. The summed E-state index contributed by atoms with van der Waals surface area (Å²) in [4.78, 5) is 33.4. The summed E-state index contributed by atoms with van der Waals surface area (Å²) >= 11 is 0. The number of nitrogens with one attached hydrogen (secondary N) is 2. The Labute approximate surface area is 181 Å². The molecule has 7 nitrogen and oxygen atoms in total. The zero-order chi connectivity index (χ0) is 21.5. The Kier molecular flexibility index (Phi) is 6.42. The van der Waals surface area contributed by atoms with Gasteiger partial charge < -0.3 is 20.4 Å². The second-order valence-electron chi connectivity index (χ2n) is 7.29. The molecule has 2 heterocycles. The Morgan fingerprint density at radius 2 is 1.48 bits per heavy atom. The van der Waals surface area contributed by atoms with E-state index in [0.717, 1.165) is 11.4 Å². The number of hydrogen-bond acceptors (Lipinski definition) is 5. The molecule has 31 heavy (non-hydrogen) atoms. The lowest BCUT2D eigenvalue weighted by Gasteiger charge is -2.37. The van der Waals surface area contributed by atoms with E-state index in [4.69, 9.17) is 0 Å². The van der Waals surface area contributed by atoms with E-state index in [2.05, 4.69) is 20.5 Å². The average molecular weight is 415 g/mol. The maximum absolute atomic E-state index is 12.8. The van der Waals surface area contributed by atoms with E-state index >= 15 is 0 Å². The van der Waals surface area contributed by atoms with Crippen LogP contribution in [0.3, 0.4) is 0 Å². The van der Waals surface area contributed by atoms with E-state index in [1.165, 1.54) is 0 Å². The molecule has 0 radical (unpaired) electrons. The summed E-state index contributed by atoms with van der Waals surface area (Å²) < 4.78 is 0. The molecule has 0 saturated carbocycles. The summed E-state index contributed by atoms with van der Waals surface area (Å²) in [6, 6.07) is 20.8. The molecule has 2 aromatic carbocycles. The van der Waals surface area contributed by atoms with Crippen LogP contribution in [0.2, 0.25) is 0 Å². The summed E-state index contributed by atoms with van der Waals surface area (Å²) in [5.41, 5.74) is 3.13. The Hall–Kier alpha value is -3.87. The quantitative estimate of drug-likeness (QED) is 0.647. The standard InChI is InChI=1S/C24H25N5O2/c30-23(18-26-19-6-2-1-3-7-19)29-16-14-28(15-17-29)22-9-5-4-8-21(22)24(31)27-20-10-12-25-13-11-20/h1-13,26H,14-18H2,(H,25,27,31). The first kappa shape index (κ1) is 20.4. The van der Waals surface area contributed by atoms with E-state index in [0.29, 0.717) is 37.4 Å². The molecule has 3 aromatic rings. The predicted octanol–water partition coefficient (Wildman–Crippen LogP) is 3.09. The van der Waals surface area contributed by atoms with Gasteiger partial charge in [0, 0.05) is 55.6 Å². The zero-order valence-electron chi connectivity index (χ0n) is 17.2. The number of anilines is 3. The first-order chi connectivity index (χ1) is 15.2.